The van der Waals surface area contributed by atoms with E-state index in [9.17, 15) is 5.11 Å². The van der Waals surface area contributed by atoms with Gasteiger partial charge in [0.15, 0.2) is 0 Å². The summed E-state index contributed by atoms with van der Waals surface area (Å²) in [5.74, 6) is 0. The number of para-hydroxylation sites is 1. The lowest BCUT2D eigenvalue weighted by Crippen LogP contribution is -2.19. The molecule has 3 heteroatoms. The van der Waals surface area contributed by atoms with Gasteiger partial charge in [0.1, 0.15) is 0 Å². The summed E-state index contributed by atoms with van der Waals surface area (Å²) in [5, 5.41) is 10.5. The number of aliphatic hydroxyl groups is 1. The van der Waals surface area contributed by atoms with Crippen molar-refractivity contribution >= 4 is 16.6 Å². The summed E-state index contributed by atoms with van der Waals surface area (Å²) in [5.41, 5.74) is 2.84. The summed E-state index contributed by atoms with van der Waals surface area (Å²) in [6.07, 6.45) is 3.67. The third kappa shape index (κ3) is 3.24. The fraction of sp³-hybridized carbons (Fsp3) is 0.438. The zero-order valence-electron chi connectivity index (χ0n) is 11.8. The van der Waals surface area contributed by atoms with Crippen molar-refractivity contribution in [2.24, 2.45) is 0 Å². The minimum atomic E-state index is -0.0133. The van der Waals surface area contributed by atoms with Crippen LogP contribution in [0.3, 0.4) is 0 Å². The number of aliphatic hydroxyl groups excluding tert-OH is 1. The van der Waals surface area contributed by atoms with Gasteiger partial charge in [-0.25, -0.2) is 0 Å². The SMILES string of the molecule is CCCCCN(C)c1cc(CO)nc2ccccc12. The van der Waals surface area contributed by atoms with E-state index in [1.165, 1.54) is 19.3 Å². The molecule has 0 aliphatic rings. The smallest absolute Gasteiger partial charge is 0.0854 e. The van der Waals surface area contributed by atoms with Gasteiger partial charge in [0.25, 0.3) is 0 Å². The first kappa shape index (κ1) is 13.8. The van der Waals surface area contributed by atoms with Gasteiger partial charge < -0.3 is 10.0 Å². The van der Waals surface area contributed by atoms with Crippen LogP contribution in [-0.4, -0.2) is 23.7 Å². The minimum absolute atomic E-state index is 0.0133. The highest BCUT2D eigenvalue weighted by molar-refractivity contribution is 5.91. The van der Waals surface area contributed by atoms with E-state index in [1.807, 2.05) is 24.3 Å². The Balaban J connectivity index is 2.34. The lowest BCUT2D eigenvalue weighted by molar-refractivity contribution is 0.277. The van der Waals surface area contributed by atoms with Crippen molar-refractivity contribution in [3.63, 3.8) is 0 Å². The maximum atomic E-state index is 9.34. The van der Waals surface area contributed by atoms with E-state index in [1.54, 1.807) is 0 Å². The van der Waals surface area contributed by atoms with E-state index < -0.39 is 0 Å². The normalized spacial score (nSPS) is 10.9. The predicted octanol–water partition coefficient (Wildman–Crippen LogP) is 3.35. The molecule has 0 aliphatic carbocycles. The topological polar surface area (TPSA) is 36.4 Å². The third-order valence-electron chi connectivity index (χ3n) is 3.42. The fourth-order valence-corrected chi connectivity index (χ4v) is 2.33. The molecule has 0 atom stereocenters. The van der Waals surface area contributed by atoms with Gasteiger partial charge in [-0.05, 0) is 18.6 Å². The zero-order valence-corrected chi connectivity index (χ0v) is 11.8. The van der Waals surface area contributed by atoms with Crippen molar-refractivity contribution in [2.75, 3.05) is 18.5 Å². The molecule has 0 aliphatic heterocycles. The highest BCUT2D eigenvalue weighted by atomic mass is 16.3. The molecular formula is C16H22N2O. The number of anilines is 1. The van der Waals surface area contributed by atoms with Gasteiger partial charge in [-0.15, -0.1) is 0 Å². The molecule has 0 spiro atoms. The first-order chi connectivity index (χ1) is 9.26. The second-order valence-corrected chi connectivity index (χ2v) is 4.94. The van der Waals surface area contributed by atoms with Gasteiger partial charge >= 0.3 is 0 Å². The van der Waals surface area contributed by atoms with Crippen LogP contribution in [0.25, 0.3) is 10.9 Å². The van der Waals surface area contributed by atoms with Crippen LogP contribution in [0.15, 0.2) is 30.3 Å². The first-order valence-corrected chi connectivity index (χ1v) is 6.97. The number of unbranched alkanes of at least 4 members (excludes halogenated alkanes) is 2. The lowest BCUT2D eigenvalue weighted by atomic mass is 10.1. The number of benzene rings is 1. The monoisotopic (exact) mass is 258 g/mol. The van der Waals surface area contributed by atoms with Crippen molar-refractivity contribution in [3.8, 4) is 0 Å². The molecule has 1 heterocycles. The molecule has 0 saturated carbocycles. The van der Waals surface area contributed by atoms with E-state index in [2.05, 4.69) is 29.9 Å². The number of hydrogen-bond acceptors (Lipinski definition) is 3. The average molecular weight is 258 g/mol. The molecule has 0 saturated heterocycles. The summed E-state index contributed by atoms with van der Waals surface area (Å²) < 4.78 is 0. The molecule has 0 radical (unpaired) electrons. The molecule has 2 aromatic rings. The zero-order chi connectivity index (χ0) is 13.7. The second kappa shape index (κ2) is 6.53. The maximum Gasteiger partial charge on any atom is 0.0854 e. The minimum Gasteiger partial charge on any atom is -0.390 e. The predicted molar refractivity (Wildman–Crippen MR) is 80.5 cm³/mol. The number of rotatable bonds is 6. The number of aromatic nitrogens is 1. The highest BCUT2D eigenvalue weighted by Crippen LogP contribution is 2.26. The van der Waals surface area contributed by atoms with Crippen molar-refractivity contribution < 1.29 is 5.11 Å². The Labute approximate surface area is 114 Å². The van der Waals surface area contributed by atoms with E-state index >= 15 is 0 Å². The number of pyridine rings is 1. The van der Waals surface area contributed by atoms with Gasteiger partial charge in [0, 0.05) is 24.7 Å². The van der Waals surface area contributed by atoms with Gasteiger partial charge in [-0.1, -0.05) is 38.0 Å². The average Bonchev–Trinajstić information content (AvgIpc) is 2.46. The van der Waals surface area contributed by atoms with Gasteiger partial charge in [-0.3, -0.25) is 4.98 Å². The van der Waals surface area contributed by atoms with Crippen molar-refractivity contribution in [1.29, 1.82) is 0 Å². The number of hydrogen-bond donors (Lipinski definition) is 1. The Morgan fingerprint density at radius 2 is 2.00 bits per heavy atom. The Hall–Kier alpha value is -1.61. The summed E-state index contributed by atoms with van der Waals surface area (Å²) in [6, 6.07) is 10.1. The molecule has 19 heavy (non-hydrogen) atoms. The molecule has 0 bridgehead atoms. The summed E-state index contributed by atoms with van der Waals surface area (Å²) in [4.78, 5) is 6.72. The van der Waals surface area contributed by atoms with Crippen molar-refractivity contribution in [1.82, 2.24) is 4.98 Å². The van der Waals surface area contributed by atoms with Crippen LogP contribution in [-0.2, 0) is 6.61 Å². The van der Waals surface area contributed by atoms with E-state index in [4.69, 9.17) is 0 Å². The first-order valence-electron chi connectivity index (χ1n) is 6.97. The Morgan fingerprint density at radius 1 is 1.21 bits per heavy atom. The van der Waals surface area contributed by atoms with Crippen LogP contribution in [0.2, 0.25) is 0 Å². The van der Waals surface area contributed by atoms with Crippen molar-refractivity contribution in [3.05, 3.63) is 36.0 Å². The van der Waals surface area contributed by atoms with Crippen LogP contribution in [0.4, 0.5) is 5.69 Å². The van der Waals surface area contributed by atoms with Crippen LogP contribution >= 0.6 is 0 Å². The van der Waals surface area contributed by atoms with Gasteiger partial charge in [0.05, 0.1) is 17.8 Å². The Bertz CT molecular complexity index is 539. The van der Waals surface area contributed by atoms with E-state index in [0.717, 1.165) is 28.8 Å². The Morgan fingerprint density at radius 3 is 2.74 bits per heavy atom. The van der Waals surface area contributed by atoms with Crippen LogP contribution < -0.4 is 4.90 Å². The van der Waals surface area contributed by atoms with E-state index in [0.29, 0.717) is 0 Å². The third-order valence-corrected chi connectivity index (χ3v) is 3.42. The number of fused-ring (bicyclic) bond motifs is 1. The molecule has 1 N–H and O–H groups in total. The van der Waals surface area contributed by atoms with Gasteiger partial charge in [-0.2, -0.15) is 0 Å². The maximum absolute atomic E-state index is 9.34. The number of nitrogens with zero attached hydrogens (tertiary/aromatic N) is 2. The molecule has 0 unspecified atom stereocenters. The molecule has 3 nitrogen and oxygen atoms in total. The van der Waals surface area contributed by atoms with E-state index in [-0.39, 0.29) is 6.61 Å². The second-order valence-electron chi connectivity index (χ2n) is 4.94. The molecule has 1 aromatic carbocycles. The van der Waals surface area contributed by atoms with Crippen LogP contribution in [0.1, 0.15) is 31.9 Å². The summed E-state index contributed by atoms with van der Waals surface area (Å²) in [6.45, 7) is 3.24. The van der Waals surface area contributed by atoms with Gasteiger partial charge in [0.2, 0.25) is 0 Å². The standard InChI is InChI=1S/C16H22N2O/c1-3-4-7-10-18(2)16-11-13(12-19)17-15-9-6-5-8-14(15)16/h5-6,8-9,11,19H,3-4,7,10,12H2,1-2H3. The largest absolute Gasteiger partial charge is 0.390 e. The molecule has 2 rings (SSSR count). The molecule has 0 amide bonds. The molecule has 1 aromatic heterocycles. The lowest BCUT2D eigenvalue weighted by Gasteiger charge is -2.21. The summed E-state index contributed by atoms with van der Waals surface area (Å²) in [7, 11) is 2.11. The highest BCUT2D eigenvalue weighted by Gasteiger charge is 2.08. The summed E-state index contributed by atoms with van der Waals surface area (Å²) >= 11 is 0. The Kier molecular flexibility index (Phi) is 4.74. The van der Waals surface area contributed by atoms with Crippen LogP contribution in [0.5, 0.6) is 0 Å². The molecule has 0 fully saturated rings. The van der Waals surface area contributed by atoms with Crippen molar-refractivity contribution in [2.45, 2.75) is 32.8 Å². The quantitative estimate of drug-likeness (QED) is 0.807. The molecular weight excluding hydrogens is 236 g/mol. The van der Waals surface area contributed by atoms with Crippen LogP contribution in [0, 0.1) is 0 Å². The fourth-order valence-electron chi connectivity index (χ4n) is 2.33. The molecule has 102 valence electrons.